The minimum atomic E-state index is -0.700. The Morgan fingerprint density at radius 1 is 0.926 bits per heavy atom. The summed E-state index contributed by atoms with van der Waals surface area (Å²) in [5.74, 6) is 0.00142. The number of rotatable bonds is 3. The standard InChI is InChI=1S/C20H24N4O3/c1-20(2,3)27-19(26)24-17(21-14-15-10-6-4-7-11-15)23-18(25)22-16-12-8-5-9-13-16/h4-13H,14H2,1-3H3,(H3,21,22,23,24,25,26). The minimum absolute atomic E-state index is 0.00142. The predicted octanol–water partition coefficient (Wildman–Crippen LogP) is 3.89. The Labute approximate surface area is 158 Å². The lowest BCUT2D eigenvalue weighted by atomic mass is 10.2. The third kappa shape index (κ3) is 8.04. The number of nitrogens with one attached hydrogen (secondary N) is 3. The molecule has 0 aliphatic carbocycles. The Kier molecular flexibility index (Phi) is 6.93. The molecule has 0 fully saturated rings. The molecule has 0 atom stereocenters. The molecule has 2 aromatic rings. The number of ether oxygens (including phenoxy) is 1. The number of carbonyl (C=O) groups is 2. The van der Waals surface area contributed by atoms with Crippen molar-refractivity contribution < 1.29 is 14.3 Å². The second kappa shape index (κ2) is 9.38. The molecular weight excluding hydrogens is 344 g/mol. The van der Waals surface area contributed by atoms with Gasteiger partial charge in [0.05, 0.1) is 6.54 Å². The molecule has 0 saturated heterocycles. The van der Waals surface area contributed by atoms with Crippen molar-refractivity contribution in [2.45, 2.75) is 32.9 Å². The fourth-order valence-electron chi connectivity index (χ4n) is 2.06. The van der Waals surface area contributed by atoms with E-state index in [1.165, 1.54) is 0 Å². The van der Waals surface area contributed by atoms with E-state index in [-0.39, 0.29) is 12.5 Å². The molecule has 142 valence electrons. The summed E-state index contributed by atoms with van der Waals surface area (Å²) in [5.41, 5.74) is 0.891. The SMILES string of the molecule is CC(C)(C)OC(=O)NC(=NCc1ccccc1)NC(=O)Nc1ccccc1. The highest BCUT2D eigenvalue weighted by molar-refractivity contribution is 6.06. The van der Waals surface area contributed by atoms with E-state index < -0.39 is 17.7 Å². The average molecular weight is 368 g/mol. The summed E-state index contributed by atoms with van der Waals surface area (Å²) in [5, 5.41) is 7.69. The van der Waals surface area contributed by atoms with Gasteiger partial charge in [0.1, 0.15) is 5.60 Å². The van der Waals surface area contributed by atoms with Gasteiger partial charge >= 0.3 is 12.1 Å². The number of benzene rings is 2. The van der Waals surface area contributed by atoms with E-state index in [1.807, 2.05) is 36.4 Å². The molecule has 0 saturated carbocycles. The van der Waals surface area contributed by atoms with Crippen LogP contribution in [0.25, 0.3) is 0 Å². The maximum atomic E-state index is 12.2. The van der Waals surface area contributed by atoms with Gasteiger partial charge in [0.25, 0.3) is 0 Å². The number of urea groups is 1. The van der Waals surface area contributed by atoms with Gasteiger partial charge in [-0.1, -0.05) is 48.5 Å². The highest BCUT2D eigenvalue weighted by Gasteiger charge is 2.18. The van der Waals surface area contributed by atoms with Crippen LogP contribution in [0.4, 0.5) is 15.3 Å². The number of nitrogens with zero attached hydrogens (tertiary/aromatic N) is 1. The van der Waals surface area contributed by atoms with Crippen LogP contribution >= 0.6 is 0 Å². The van der Waals surface area contributed by atoms with Crippen molar-refractivity contribution in [2.75, 3.05) is 5.32 Å². The number of anilines is 1. The van der Waals surface area contributed by atoms with Crippen molar-refractivity contribution in [1.82, 2.24) is 10.6 Å². The van der Waals surface area contributed by atoms with E-state index in [9.17, 15) is 9.59 Å². The van der Waals surface area contributed by atoms with Gasteiger partial charge in [0.2, 0.25) is 5.96 Å². The van der Waals surface area contributed by atoms with E-state index in [2.05, 4.69) is 20.9 Å². The third-order valence-corrected chi connectivity index (χ3v) is 3.15. The third-order valence-electron chi connectivity index (χ3n) is 3.15. The maximum absolute atomic E-state index is 12.2. The number of para-hydroxylation sites is 1. The summed E-state index contributed by atoms with van der Waals surface area (Å²) in [4.78, 5) is 28.5. The highest BCUT2D eigenvalue weighted by Crippen LogP contribution is 2.07. The van der Waals surface area contributed by atoms with Crippen LogP contribution in [0.3, 0.4) is 0 Å². The molecule has 2 aromatic carbocycles. The number of guanidine groups is 1. The Balaban J connectivity index is 2.05. The zero-order valence-electron chi connectivity index (χ0n) is 15.7. The highest BCUT2D eigenvalue weighted by atomic mass is 16.6. The van der Waals surface area contributed by atoms with Gasteiger partial charge in [-0.3, -0.25) is 10.6 Å². The zero-order chi connectivity index (χ0) is 19.7. The number of amides is 3. The molecule has 0 unspecified atom stereocenters. The molecule has 0 aromatic heterocycles. The molecule has 0 spiro atoms. The van der Waals surface area contributed by atoms with Gasteiger partial charge < -0.3 is 10.1 Å². The van der Waals surface area contributed by atoms with Crippen LogP contribution < -0.4 is 16.0 Å². The van der Waals surface area contributed by atoms with Crippen LogP contribution in [0.15, 0.2) is 65.7 Å². The number of alkyl carbamates (subject to hydrolysis) is 1. The second-order valence-electron chi connectivity index (χ2n) is 6.72. The fraction of sp³-hybridized carbons (Fsp3) is 0.250. The average Bonchev–Trinajstić information content (AvgIpc) is 2.59. The molecular formula is C20H24N4O3. The van der Waals surface area contributed by atoms with E-state index in [4.69, 9.17) is 4.74 Å². The molecule has 2 rings (SSSR count). The van der Waals surface area contributed by atoms with Gasteiger partial charge in [-0.05, 0) is 38.5 Å². The van der Waals surface area contributed by atoms with Crippen LogP contribution in [0.2, 0.25) is 0 Å². The summed E-state index contributed by atoms with van der Waals surface area (Å²) in [6.07, 6.45) is -0.700. The van der Waals surface area contributed by atoms with Crippen molar-refractivity contribution in [3.8, 4) is 0 Å². The largest absolute Gasteiger partial charge is 0.444 e. The molecule has 7 nitrogen and oxygen atoms in total. The molecule has 0 aliphatic rings. The van der Waals surface area contributed by atoms with Crippen molar-refractivity contribution in [1.29, 1.82) is 0 Å². The number of hydrogen-bond donors (Lipinski definition) is 3. The topological polar surface area (TPSA) is 91.8 Å². The Morgan fingerprint density at radius 2 is 1.52 bits per heavy atom. The van der Waals surface area contributed by atoms with E-state index in [0.29, 0.717) is 5.69 Å². The lowest BCUT2D eigenvalue weighted by Gasteiger charge is -2.20. The molecule has 7 heteroatoms. The van der Waals surface area contributed by atoms with Crippen molar-refractivity contribution in [3.05, 3.63) is 66.2 Å². The van der Waals surface area contributed by atoms with Crippen molar-refractivity contribution >= 4 is 23.8 Å². The molecule has 0 aliphatic heterocycles. The molecule has 27 heavy (non-hydrogen) atoms. The Morgan fingerprint density at radius 3 is 2.11 bits per heavy atom. The Hall–Kier alpha value is -3.35. The number of hydrogen-bond acceptors (Lipinski definition) is 4. The van der Waals surface area contributed by atoms with Crippen molar-refractivity contribution in [3.63, 3.8) is 0 Å². The summed E-state index contributed by atoms with van der Waals surface area (Å²) >= 11 is 0. The van der Waals surface area contributed by atoms with Gasteiger partial charge in [0.15, 0.2) is 0 Å². The fourth-order valence-corrected chi connectivity index (χ4v) is 2.06. The Bertz CT molecular complexity index is 784. The second-order valence-corrected chi connectivity index (χ2v) is 6.72. The van der Waals surface area contributed by atoms with Crippen LogP contribution in [-0.4, -0.2) is 23.7 Å². The van der Waals surface area contributed by atoms with E-state index >= 15 is 0 Å². The molecule has 0 heterocycles. The number of aliphatic imine (C=N–C) groups is 1. The predicted molar refractivity (Wildman–Crippen MR) is 106 cm³/mol. The van der Waals surface area contributed by atoms with Crippen LogP contribution in [0, 0.1) is 0 Å². The smallest absolute Gasteiger partial charge is 0.414 e. The lowest BCUT2D eigenvalue weighted by molar-refractivity contribution is 0.0562. The first-order chi connectivity index (χ1) is 12.8. The zero-order valence-corrected chi connectivity index (χ0v) is 15.7. The summed E-state index contributed by atoms with van der Waals surface area (Å²) in [6, 6.07) is 17.9. The maximum Gasteiger partial charge on any atom is 0.414 e. The molecule has 0 radical (unpaired) electrons. The normalized spacial score (nSPS) is 11.4. The minimum Gasteiger partial charge on any atom is -0.444 e. The van der Waals surface area contributed by atoms with Gasteiger partial charge in [-0.2, -0.15) is 0 Å². The molecule has 3 amide bonds. The first-order valence-corrected chi connectivity index (χ1v) is 8.53. The first kappa shape index (κ1) is 20.0. The summed E-state index contributed by atoms with van der Waals surface area (Å²) in [7, 11) is 0. The van der Waals surface area contributed by atoms with Crippen LogP contribution in [0.5, 0.6) is 0 Å². The monoisotopic (exact) mass is 368 g/mol. The van der Waals surface area contributed by atoms with E-state index in [1.54, 1.807) is 45.0 Å². The summed E-state index contributed by atoms with van der Waals surface area (Å²) < 4.78 is 5.22. The van der Waals surface area contributed by atoms with Gasteiger partial charge in [-0.15, -0.1) is 0 Å². The molecule has 3 N–H and O–H groups in total. The van der Waals surface area contributed by atoms with E-state index in [0.717, 1.165) is 5.56 Å². The first-order valence-electron chi connectivity index (χ1n) is 8.53. The lowest BCUT2D eigenvalue weighted by Crippen LogP contribution is -2.47. The van der Waals surface area contributed by atoms with Gasteiger partial charge in [-0.25, -0.2) is 14.6 Å². The van der Waals surface area contributed by atoms with Gasteiger partial charge in [0, 0.05) is 5.69 Å². The van der Waals surface area contributed by atoms with Crippen LogP contribution in [-0.2, 0) is 11.3 Å². The van der Waals surface area contributed by atoms with Crippen LogP contribution in [0.1, 0.15) is 26.3 Å². The summed E-state index contributed by atoms with van der Waals surface area (Å²) in [6.45, 7) is 5.55. The number of carbonyl (C=O) groups excluding carboxylic acids is 2. The van der Waals surface area contributed by atoms with Crippen molar-refractivity contribution in [2.24, 2.45) is 4.99 Å². The quantitative estimate of drug-likeness (QED) is 0.567. The molecule has 0 bridgehead atoms.